The summed E-state index contributed by atoms with van der Waals surface area (Å²) in [5.41, 5.74) is 0.468. The van der Waals surface area contributed by atoms with Crippen molar-refractivity contribution in [3.63, 3.8) is 0 Å². The maximum absolute atomic E-state index is 13.6. The molecule has 0 saturated heterocycles. The highest BCUT2D eigenvalue weighted by atomic mass is 19.1. The Morgan fingerprint density at radius 2 is 1.54 bits per heavy atom. The van der Waals surface area contributed by atoms with E-state index in [4.69, 9.17) is 0 Å². The van der Waals surface area contributed by atoms with E-state index in [0.29, 0.717) is 5.69 Å². The molecular formula is C19H21FN2O2. The monoisotopic (exact) mass is 328 g/mol. The normalized spacial score (nSPS) is 11.0. The van der Waals surface area contributed by atoms with Crippen molar-refractivity contribution in [2.45, 2.75) is 27.2 Å². The highest BCUT2D eigenvalue weighted by Gasteiger charge is 2.36. The van der Waals surface area contributed by atoms with Gasteiger partial charge in [0.1, 0.15) is 11.2 Å². The van der Waals surface area contributed by atoms with Crippen LogP contribution in [0.4, 0.5) is 15.8 Å². The highest BCUT2D eigenvalue weighted by Crippen LogP contribution is 2.23. The van der Waals surface area contributed by atoms with E-state index in [1.54, 1.807) is 18.2 Å². The third kappa shape index (κ3) is 3.98. The molecule has 0 unspecified atom stereocenters. The van der Waals surface area contributed by atoms with E-state index in [0.717, 1.165) is 12.0 Å². The molecule has 0 aromatic heterocycles. The lowest BCUT2D eigenvalue weighted by molar-refractivity contribution is -0.135. The predicted molar refractivity (Wildman–Crippen MR) is 93.3 cm³/mol. The van der Waals surface area contributed by atoms with Gasteiger partial charge in [-0.2, -0.15) is 0 Å². The van der Waals surface area contributed by atoms with E-state index in [-0.39, 0.29) is 5.69 Å². The van der Waals surface area contributed by atoms with Gasteiger partial charge in [-0.1, -0.05) is 31.2 Å². The van der Waals surface area contributed by atoms with Crippen LogP contribution < -0.4 is 10.6 Å². The lowest BCUT2D eigenvalue weighted by atomic mass is 9.90. The molecule has 2 aromatic rings. The fourth-order valence-corrected chi connectivity index (χ4v) is 2.06. The molecule has 0 aliphatic heterocycles. The molecule has 5 heteroatoms. The van der Waals surface area contributed by atoms with E-state index < -0.39 is 23.0 Å². The van der Waals surface area contributed by atoms with Crippen LogP contribution in [0.15, 0.2) is 48.5 Å². The summed E-state index contributed by atoms with van der Waals surface area (Å²) in [4.78, 5) is 24.8. The number of aryl methyl sites for hydroxylation is 1. The molecule has 2 N–H and O–H groups in total. The lowest BCUT2D eigenvalue weighted by Gasteiger charge is -2.23. The molecule has 0 aliphatic rings. The number of halogens is 1. The van der Waals surface area contributed by atoms with Crippen LogP contribution in [-0.2, 0) is 16.0 Å². The maximum Gasteiger partial charge on any atom is 0.239 e. The summed E-state index contributed by atoms with van der Waals surface area (Å²) in [7, 11) is 0. The smallest absolute Gasteiger partial charge is 0.239 e. The Labute approximate surface area is 141 Å². The number of benzene rings is 2. The van der Waals surface area contributed by atoms with Crippen molar-refractivity contribution in [2.75, 3.05) is 10.6 Å². The van der Waals surface area contributed by atoms with E-state index in [1.165, 1.54) is 32.0 Å². The van der Waals surface area contributed by atoms with Crippen molar-refractivity contribution in [3.05, 3.63) is 59.9 Å². The minimum absolute atomic E-state index is 0.0515. The molecular weight excluding hydrogens is 307 g/mol. The summed E-state index contributed by atoms with van der Waals surface area (Å²) in [6.45, 7) is 5.04. The van der Waals surface area contributed by atoms with Crippen LogP contribution in [0.5, 0.6) is 0 Å². The summed E-state index contributed by atoms with van der Waals surface area (Å²) < 4.78 is 13.6. The van der Waals surface area contributed by atoms with Gasteiger partial charge in [-0.15, -0.1) is 0 Å². The second-order valence-corrected chi connectivity index (χ2v) is 6.06. The minimum atomic E-state index is -1.36. The zero-order valence-corrected chi connectivity index (χ0v) is 14.0. The molecule has 0 bridgehead atoms. The number of nitrogens with one attached hydrogen (secondary N) is 2. The molecule has 0 heterocycles. The van der Waals surface area contributed by atoms with E-state index in [2.05, 4.69) is 10.6 Å². The number of hydrogen-bond acceptors (Lipinski definition) is 2. The third-order valence-electron chi connectivity index (χ3n) is 3.88. The van der Waals surface area contributed by atoms with Gasteiger partial charge in [0.25, 0.3) is 0 Å². The number of hydrogen-bond donors (Lipinski definition) is 2. The van der Waals surface area contributed by atoms with Gasteiger partial charge >= 0.3 is 0 Å². The summed E-state index contributed by atoms with van der Waals surface area (Å²) >= 11 is 0. The number of amides is 2. The Hall–Kier alpha value is -2.69. The molecule has 4 nitrogen and oxygen atoms in total. The Kier molecular flexibility index (Phi) is 5.34. The number of rotatable bonds is 5. The average molecular weight is 328 g/mol. The molecule has 126 valence electrons. The van der Waals surface area contributed by atoms with Crippen molar-refractivity contribution in [3.8, 4) is 0 Å². The van der Waals surface area contributed by atoms with Gasteiger partial charge in [0.05, 0.1) is 5.69 Å². The minimum Gasteiger partial charge on any atom is -0.325 e. The Balaban J connectivity index is 2.08. The second-order valence-electron chi connectivity index (χ2n) is 6.06. The first-order chi connectivity index (χ1) is 11.3. The van der Waals surface area contributed by atoms with Crippen molar-refractivity contribution in [1.29, 1.82) is 0 Å². The topological polar surface area (TPSA) is 58.2 Å². The molecule has 2 rings (SSSR count). The zero-order valence-electron chi connectivity index (χ0n) is 14.0. The number of anilines is 2. The quantitative estimate of drug-likeness (QED) is 0.815. The zero-order chi connectivity index (χ0) is 17.7. The highest BCUT2D eigenvalue weighted by molar-refractivity contribution is 6.14. The van der Waals surface area contributed by atoms with Crippen molar-refractivity contribution in [1.82, 2.24) is 0 Å². The van der Waals surface area contributed by atoms with Crippen LogP contribution in [0.25, 0.3) is 0 Å². The molecule has 0 saturated carbocycles. The van der Waals surface area contributed by atoms with Crippen molar-refractivity contribution < 1.29 is 14.0 Å². The van der Waals surface area contributed by atoms with Gasteiger partial charge in [-0.3, -0.25) is 9.59 Å². The standard InChI is InChI=1S/C19H21FN2O2/c1-4-13-9-11-14(12-10-13)21-17(23)19(2,3)18(24)22-16-8-6-5-7-15(16)20/h5-12H,4H2,1-3H3,(H,21,23)(H,22,24). The lowest BCUT2D eigenvalue weighted by Crippen LogP contribution is -2.41. The summed E-state index contributed by atoms with van der Waals surface area (Å²) in [6.07, 6.45) is 0.908. The number of carbonyl (C=O) groups excluding carboxylic acids is 2. The average Bonchev–Trinajstić information content (AvgIpc) is 2.57. The van der Waals surface area contributed by atoms with Crippen LogP contribution >= 0.6 is 0 Å². The predicted octanol–water partition coefficient (Wildman–Crippen LogP) is 3.99. The fraction of sp³-hybridized carbons (Fsp3) is 0.263. The Morgan fingerprint density at radius 1 is 0.958 bits per heavy atom. The van der Waals surface area contributed by atoms with Crippen LogP contribution in [0, 0.1) is 11.2 Å². The van der Waals surface area contributed by atoms with Crippen molar-refractivity contribution in [2.24, 2.45) is 5.41 Å². The van der Waals surface area contributed by atoms with E-state index >= 15 is 0 Å². The van der Waals surface area contributed by atoms with Gasteiger partial charge in [-0.25, -0.2) is 4.39 Å². The molecule has 0 fully saturated rings. The largest absolute Gasteiger partial charge is 0.325 e. The van der Waals surface area contributed by atoms with E-state index in [1.807, 2.05) is 19.1 Å². The second kappa shape index (κ2) is 7.25. The Morgan fingerprint density at radius 3 is 2.12 bits per heavy atom. The maximum atomic E-state index is 13.6. The summed E-state index contributed by atoms with van der Waals surface area (Å²) in [6, 6.07) is 13.3. The fourth-order valence-electron chi connectivity index (χ4n) is 2.06. The van der Waals surface area contributed by atoms with Crippen molar-refractivity contribution >= 4 is 23.2 Å². The molecule has 0 radical (unpaired) electrons. The summed E-state index contributed by atoms with van der Waals surface area (Å²) in [5.74, 6) is -1.58. The molecule has 24 heavy (non-hydrogen) atoms. The number of para-hydroxylation sites is 1. The van der Waals surface area contributed by atoms with Crippen LogP contribution in [0.2, 0.25) is 0 Å². The first-order valence-electron chi connectivity index (χ1n) is 7.81. The molecule has 0 atom stereocenters. The van der Waals surface area contributed by atoms with E-state index in [9.17, 15) is 14.0 Å². The van der Waals surface area contributed by atoms with Crippen LogP contribution in [0.3, 0.4) is 0 Å². The van der Waals surface area contributed by atoms with Gasteiger partial charge in [-0.05, 0) is 50.1 Å². The molecule has 2 amide bonds. The van der Waals surface area contributed by atoms with Gasteiger partial charge in [0, 0.05) is 5.69 Å². The van der Waals surface area contributed by atoms with Gasteiger partial charge in [0.15, 0.2) is 0 Å². The number of carbonyl (C=O) groups is 2. The SMILES string of the molecule is CCc1ccc(NC(=O)C(C)(C)C(=O)Nc2ccccc2F)cc1. The first kappa shape index (κ1) is 17.7. The third-order valence-corrected chi connectivity index (χ3v) is 3.88. The molecule has 0 aliphatic carbocycles. The molecule has 0 spiro atoms. The Bertz CT molecular complexity index is 739. The van der Waals surface area contributed by atoms with Gasteiger partial charge < -0.3 is 10.6 Å². The van der Waals surface area contributed by atoms with Crippen LogP contribution in [0.1, 0.15) is 26.3 Å². The first-order valence-corrected chi connectivity index (χ1v) is 7.81. The van der Waals surface area contributed by atoms with Crippen LogP contribution in [-0.4, -0.2) is 11.8 Å². The molecule has 2 aromatic carbocycles. The summed E-state index contributed by atoms with van der Waals surface area (Å²) in [5, 5.41) is 5.18. The van der Waals surface area contributed by atoms with Gasteiger partial charge in [0.2, 0.25) is 11.8 Å².